The highest BCUT2D eigenvalue weighted by Crippen LogP contribution is 2.27. The maximum Gasteiger partial charge on any atom is 0.0890 e. The number of aromatic nitrogens is 3. The first-order chi connectivity index (χ1) is 14.9. The van der Waals surface area contributed by atoms with Gasteiger partial charge < -0.3 is 15.1 Å². The van der Waals surface area contributed by atoms with E-state index in [-0.39, 0.29) is 0 Å². The van der Waals surface area contributed by atoms with E-state index in [1.807, 2.05) is 18.5 Å². The van der Waals surface area contributed by atoms with Gasteiger partial charge >= 0.3 is 0 Å². The topological polar surface area (TPSA) is 57.2 Å². The van der Waals surface area contributed by atoms with E-state index >= 15 is 0 Å². The number of anilines is 3. The molecule has 0 atom stereocenters. The first-order valence-electron chi connectivity index (χ1n) is 10.3. The summed E-state index contributed by atoms with van der Waals surface area (Å²) in [5.41, 5.74) is 6.57. The molecule has 1 saturated heterocycles. The SMILES string of the molecule is c1ccc(N2CCN(c3ccncc3NCc3ccc4nccnc4c3)CC2)cc1. The summed E-state index contributed by atoms with van der Waals surface area (Å²) in [6.45, 7) is 4.71. The standard InChI is InChI=1S/C24H24N6/c1-2-4-20(5-3-1)29-12-14-30(15-13-29)24-8-9-25-18-23(24)28-17-19-6-7-21-22(16-19)27-11-10-26-21/h1-11,16,18,28H,12-15,17H2. The summed E-state index contributed by atoms with van der Waals surface area (Å²) in [5, 5.41) is 3.57. The van der Waals surface area contributed by atoms with E-state index in [0.717, 1.165) is 49.4 Å². The predicted molar refractivity (Wildman–Crippen MR) is 122 cm³/mol. The smallest absolute Gasteiger partial charge is 0.0890 e. The Hall–Kier alpha value is -3.67. The number of benzene rings is 2. The summed E-state index contributed by atoms with van der Waals surface area (Å²) in [4.78, 5) is 18.0. The Balaban J connectivity index is 1.27. The lowest BCUT2D eigenvalue weighted by Crippen LogP contribution is -2.46. The van der Waals surface area contributed by atoms with Crippen molar-refractivity contribution in [1.82, 2.24) is 15.0 Å². The van der Waals surface area contributed by atoms with E-state index in [1.54, 1.807) is 12.4 Å². The Morgan fingerprint density at radius 3 is 2.37 bits per heavy atom. The molecular formula is C24H24N6. The van der Waals surface area contributed by atoms with Crippen LogP contribution in [-0.4, -0.2) is 41.1 Å². The molecule has 0 amide bonds. The van der Waals surface area contributed by atoms with Crippen LogP contribution >= 0.6 is 0 Å². The average Bonchev–Trinajstić information content (AvgIpc) is 2.83. The van der Waals surface area contributed by atoms with Crippen molar-refractivity contribution in [2.45, 2.75) is 6.54 Å². The first-order valence-corrected chi connectivity index (χ1v) is 10.3. The molecule has 2 aromatic heterocycles. The zero-order valence-electron chi connectivity index (χ0n) is 16.8. The summed E-state index contributed by atoms with van der Waals surface area (Å²) < 4.78 is 0. The molecule has 1 aliphatic rings. The predicted octanol–water partition coefficient (Wildman–Crippen LogP) is 3.96. The first kappa shape index (κ1) is 18.4. The summed E-state index contributed by atoms with van der Waals surface area (Å²) in [6.07, 6.45) is 7.24. The van der Waals surface area contributed by atoms with Gasteiger partial charge in [0.1, 0.15) is 0 Å². The lowest BCUT2D eigenvalue weighted by Gasteiger charge is -2.38. The van der Waals surface area contributed by atoms with Crippen LogP contribution in [0.1, 0.15) is 5.56 Å². The van der Waals surface area contributed by atoms with E-state index < -0.39 is 0 Å². The van der Waals surface area contributed by atoms with Crippen molar-refractivity contribution >= 4 is 28.1 Å². The minimum atomic E-state index is 0.717. The minimum absolute atomic E-state index is 0.717. The number of rotatable bonds is 5. The molecule has 0 radical (unpaired) electrons. The summed E-state index contributed by atoms with van der Waals surface area (Å²) in [6, 6.07) is 18.9. The normalized spacial score (nSPS) is 14.1. The second kappa shape index (κ2) is 8.37. The van der Waals surface area contributed by atoms with Crippen molar-refractivity contribution in [2.24, 2.45) is 0 Å². The van der Waals surface area contributed by atoms with Gasteiger partial charge in [-0.1, -0.05) is 24.3 Å². The second-order valence-corrected chi connectivity index (χ2v) is 7.44. The number of nitrogens with zero attached hydrogens (tertiary/aromatic N) is 5. The van der Waals surface area contributed by atoms with Gasteiger partial charge in [0, 0.05) is 57.0 Å². The molecule has 2 aromatic carbocycles. The molecule has 5 rings (SSSR count). The molecule has 150 valence electrons. The number of piperazine rings is 1. The maximum atomic E-state index is 4.40. The molecule has 1 fully saturated rings. The van der Waals surface area contributed by atoms with Gasteiger partial charge in [-0.2, -0.15) is 0 Å². The lowest BCUT2D eigenvalue weighted by molar-refractivity contribution is 0.653. The van der Waals surface area contributed by atoms with Crippen LogP contribution in [0.15, 0.2) is 79.4 Å². The van der Waals surface area contributed by atoms with Gasteiger partial charge in [0.05, 0.1) is 28.6 Å². The highest BCUT2D eigenvalue weighted by molar-refractivity contribution is 5.75. The molecule has 0 aliphatic carbocycles. The molecule has 0 unspecified atom stereocenters. The third-order valence-electron chi connectivity index (χ3n) is 5.56. The highest BCUT2D eigenvalue weighted by Gasteiger charge is 2.19. The number of hydrogen-bond acceptors (Lipinski definition) is 6. The average molecular weight is 396 g/mol. The van der Waals surface area contributed by atoms with E-state index in [2.05, 4.69) is 78.6 Å². The largest absolute Gasteiger partial charge is 0.378 e. The van der Waals surface area contributed by atoms with Crippen LogP contribution < -0.4 is 15.1 Å². The van der Waals surface area contributed by atoms with Crippen LogP contribution in [0.25, 0.3) is 11.0 Å². The molecular weight excluding hydrogens is 372 g/mol. The van der Waals surface area contributed by atoms with Gasteiger partial charge in [-0.25, -0.2) is 0 Å². The molecule has 0 spiro atoms. The second-order valence-electron chi connectivity index (χ2n) is 7.44. The van der Waals surface area contributed by atoms with Gasteiger partial charge in [0.15, 0.2) is 0 Å². The van der Waals surface area contributed by atoms with Gasteiger partial charge in [-0.3, -0.25) is 15.0 Å². The van der Waals surface area contributed by atoms with Crippen LogP contribution in [0.2, 0.25) is 0 Å². The van der Waals surface area contributed by atoms with E-state index in [0.29, 0.717) is 0 Å². The Bertz CT molecular complexity index is 1120. The molecule has 1 N–H and O–H groups in total. The Kier molecular flexibility index (Phi) is 5.12. The lowest BCUT2D eigenvalue weighted by atomic mass is 10.2. The van der Waals surface area contributed by atoms with E-state index in [1.165, 1.54) is 16.9 Å². The Morgan fingerprint density at radius 1 is 0.767 bits per heavy atom. The quantitative estimate of drug-likeness (QED) is 0.551. The van der Waals surface area contributed by atoms with Crippen LogP contribution in [0.4, 0.5) is 17.1 Å². The fraction of sp³-hybridized carbons (Fsp3) is 0.208. The van der Waals surface area contributed by atoms with Crippen LogP contribution in [-0.2, 0) is 6.54 Å². The van der Waals surface area contributed by atoms with Crippen molar-refractivity contribution in [1.29, 1.82) is 0 Å². The summed E-state index contributed by atoms with van der Waals surface area (Å²) >= 11 is 0. The number of pyridine rings is 1. The van der Waals surface area contributed by atoms with E-state index in [9.17, 15) is 0 Å². The summed E-state index contributed by atoms with van der Waals surface area (Å²) in [7, 11) is 0. The number of para-hydroxylation sites is 1. The summed E-state index contributed by atoms with van der Waals surface area (Å²) in [5.74, 6) is 0. The van der Waals surface area contributed by atoms with Crippen molar-refractivity contribution in [3.8, 4) is 0 Å². The van der Waals surface area contributed by atoms with Crippen molar-refractivity contribution in [3.05, 3.63) is 84.9 Å². The zero-order chi connectivity index (χ0) is 20.2. The van der Waals surface area contributed by atoms with Crippen molar-refractivity contribution in [2.75, 3.05) is 41.3 Å². The number of fused-ring (bicyclic) bond motifs is 1. The van der Waals surface area contributed by atoms with Gasteiger partial charge in [-0.15, -0.1) is 0 Å². The molecule has 3 heterocycles. The third-order valence-corrected chi connectivity index (χ3v) is 5.56. The van der Waals surface area contributed by atoms with E-state index in [4.69, 9.17) is 0 Å². The Labute approximate surface area is 176 Å². The monoisotopic (exact) mass is 396 g/mol. The van der Waals surface area contributed by atoms with Gasteiger partial charge in [0.25, 0.3) is 0 Å². The highest BCUT2D eigenvalue weighted by atomic mass is 15.3. The number of hydrogen-bond donors (Lipinski definition) is 1. The molecule has 6 heteroatoms. The fourth-order valence-corrected chi connectivity index (χ4v) is 3.96. The molecule has 0 saturated carbocycles. The zero-order valence-corrected chi connectivity index (χ0v) is 16.8. The molecule has 1 aliphatic heterocycles. The molecule has 30 heavy (non-hydrogen) atoms. The maximum absolute atomic E-state index is 4.40. The van der Waals surface area contributed by atoms with Crippen molar-refractivity contribution < 1.29 is 0 Å². The third kappa shape index (κ3) is 3.89. The minimum Gasteiger partial charge on any atom is -0.378 e. The fourth-order valence-electron chi connectivity index (χ4n) is 3.96. The molecule has 6 nitrogen and oxygen atoms in total. The van der Waals surface area contributed by atoms with Crippen molar-refractivity contribution in [3.63, 3.8) is 0 Å². The van der Waals surface area contributed by atoms with Crippen LogP contribution in [0.5, 0.6) is 0 Å². The van der Waals surface area contributed by atoms with Gasteiger partial charge in [0.2, 0.25) is 0 Å². The molecule has 4 aromatic rings. The van der Waals surface area contributed by atoms with Crippen LogP contribution in [0, 0.1) is 0 Å². The van der Waals surface area contributed by atoms with Crippen LogP contribution in [0.3, 0.4) is 0 Å². The molecule has 0 bridgehead atoms. The van der Waals surface area contributed by atoms with Gasteiger partial charge in [-0.05, 0) is 35.9 Å². The Morgan fingerprint density at radius 2 is 1.53 bits per heavy atom. The number of nitrogens with one attached hydrogen (secondary N) is 1.